The SMILES string of the molecule is CCOc1cc(Br)cc(/C=C2\C(=O)NC(=S)N(C)C2=O)c1O. The van der Waals surface area contributed by atoms with Gasteiger partial charge in [-0.3, -0.25) is 19.8 Å². The first-order valence-electron chi connectivity index (χ1n) is 6.35. The molecule has 0 spiro atoms. The summed E-state index contributed by atoms with van der Waals surface area (Å²) in [6.45, 7) is 2.16. The first-order chi connectivity index (χ1) is 10.3. The number of carbonyl (C=O) groups excluding carboxylic acids is 2. The van der Waals surface area contributed by atoms with Crippen molar-refractivity contribution in [2.24, 2.45) is 0 Å². The molecule has 2 N–H and O–H groups in total. The number of phenolic OH excluding ortho intramolecular Hbond substituents is 1. The van der Waals surface area contributed by atoms with Gasteiger partial charge in [0.15, 0.2) is 16.6 Å². The van der Waals surface area contributed by atoms with Crippen LogP contribution in [0.15, 0.2) is 22.2 Å². The van der Waals surface area contributed by atoms with Crippen LogP contribution in [0.4, 0.5) is 0 Å². The van der Waals surface area contributed by atoms with E-state index in [1.54, 1.807) is 19.1 Å². The Hall–Kier alpha value is -1.93. The molecule has 22 heavy (non-hydrogen) atoms. The molecule has 0 bridgehead atoms. The predicted molar refractivity (Wildman–Crippen MR) is 88.5 cm³/mol. The molecule has 1 aromatic rings. The standard InChI is InChI=1S/C14H13BrN2O4S/c1-3-21-10-6-8(15)4-7(11(10)18)5-9-12(19)16-14(22)17(2)13(9)20/h4-6,18H,3H2,1-2H3,(H,16,19,22)/b9-5+. The van der Waals surface area contributed by atoms with Gasteiger partial charge in [-0.2, -0.15) is 0 Å². The second-order valence-corrected chi connectivity index (χ2v) is 5.76. The first kappa shape index (κ1) is 16.4. The summed E-state index contributed by atoms with van der Waals surface area (Å²) in [4.78, 5) is 25.2. The molecule has 8 heteroatoms. The quantitative estimate of drug-likeness (QED) is 0.472. The van der Waals surface area contributed by atoms with Crippen molar-refractivity contribution in [3.8, 4) is 11.5 Å². The van der Waals surface area contributed by atoms with Crippen molar-refractivity contribution in [2.45, 2.75) is 6.92 Å². The zero-order valence-electron chi connectivity index (χ0n) is 11.8. The van der Waals surface area contributed by atoms with Gasteiger partial charge < -0.3 is 9.84 Å². The highest BCUT2D eigenvalue weighted by molar-refractivity contribution is 9.10. The van der Waals surface area contributed by atoms with Gasteiger partial charge >= 0.3 is 0 Å². The molecule has 1 aromatic carbocycles. The average Bonchev–Trinajstić information content (AvgIpc) is 2.46. The van der Waals surface area contributed by atoms with E-state index in [0.717, 1.165) is 4.90 Å². The van der Waals surface area contributed by atoms with E-state index in [9.17, 15) is 14.7 Å². The third-order valence-electron chi connectivity index (χ3n) is 2.97. The first-order valence-corrected chi connectivity index (χ1v) is 7.55. The number of nitrogens with zero attached hydrogens (tertiary/aromatic N) is 1. The zero-order chi connectivity index (χ0) is 16.4. The molecule has 1 fully saturated rings. The number of rotatable bonds is 3. The fraction of sp³-hybridized carbons (Fsp3) is 0.214. The molecule has 0 radical (unpaired) electrons. The van der Waals surface area contributed by atoms with Crippen molar-refractivity contribution in [3.63, 3.8) is 0 Å². The van der Waals surface area contributed by atoms with E-state index in [-0.39, 0.29) is 27.7 Å². The van der Waals surface area contributed by atoms with Crippen LogP contribution in [0.3, 0.4) is 0 Å². The Morgan fingerprint density at radius 3 is 2.77 bits per heavy atom. The summed E-state index contributed by atoms with van der Waals surface area (Å²) in [6.07, 6.45) is 1.30. The number of thiocarbonyl (C=S) groups is 1. The van der Waals surface area contributed by atoms with Crippen LogP contribution in [0.5, 0.6) is 11.5 Å². The Bertz CT molecular complexity index is 702. The minimum atomic E-state index is -0.606. The van der Waals surface area contributed by atoms with Crippen LogP contribution in [-0.4, -0.2) is 40.6 Å². The van der Waals surface area contributed by atoms with Crippen LogP contribution in [0.1, 0.15) is 12.5 Å². The van der Waals surface area contributed by atoms with E-state index in [4.69, 9.17) is 17.0 Å². The van der Waals surface area contributed by atoms with Crippen LogP contribution in [0, 0.1) is 0 Å². The number of ether oxygens (including phenoxy) is 1. The second kappa shape index (κ2) is 6.45. The van der Waals surface area contributed by atoms with Gasteiger partial charge in [-0.15, -0.1) is 0 Å². The van der Waals surface area contributed by atoms with E-state index in [1.807, 2.05) is 0 Å². The fourth-order valence-corrected chi connectivity index (χ4v) is 2.50. The van der Waals surface area contributed by atoms with E-state index in [0.29, 0.717) is 11.1 Å². The lowest BCUT2D eigenvalue weighted by molar-refractivity contribution is -0.128. The van der Waals surface area contributed by atoms with Crippen LogP contribution < -0.4 is 10.1 Å². The number of phenols is 1. The van der Waals surface area contributed by atoms with E-state index >= 15 is 0 Å². The van der Waals surface area contributed by atoms with Crippen molar-refractivity contribution in [1.82, 2.24) is 10.2 Å². The number of benzene rings is 1. The van der Waals surface area contributed by atoms with Crippen LogP contribution in [-0.2, 0) is 9.59 Å². The molecule has 0 aromatic heterocycles. The summed E-state index contributed by atoms with van der Waals surface area (Å²) in [5.74, 6) is -1.03. The summed E-state index contributed by atoms with van der Waals surface area (Å²) < 4.78 is 5.96. The molecule has 116 valence electrons. The van der Waals surface area contributed by atoms with E-state index in [2.05, 4.69) is 21.2 Å². The van der Waals surface area contributed by atoms with E-state index in [1.165, 1.54) is 13.1 Å². The molecule has 1 saturated heterocycles. The fourth-order valence-electron chi connectivity index (χ4n) is 1.87. The molecule has 1 aliphatic heterocycles. The zero-order valence-corrected chi connectivity index (χ0v) is 14.2. The molecule has 0 atom stereocenters. The number of halogens is 1. The molecule has 2 amide bonds. The second-order valence-electron chi connectivity index (χ2n) is 4.46. The summed E-state index contributed by atoms with van der Waals surface area (Å²) >= 11 is 8.17. The molecule has 1 aliphatic rings. The Labute approximate surface area is 140 Å². The average molecular weight is 385 g/mol. The van der Waals surface area contributed by atoms with Gasteiger partial charge in [-0.25, -0.2) is 0 Å². The smallest absolute Gasteiger partial charge is 0.265 e. The highest BCUT2D eigenvalue weighted by atomic mass is 79.9. The maximum atomic E-state index is 12.1. The third-order valence-corrected chi connectivity index (χ3v) is 3.81. The predicted octanol–water partition coefficient (Wildman–Crippen LogP) is 1.81. The maximum absolute atomic E-state index is 12.1. The Balaban J connectivity index is 2.50. The van der Waals surface area contributed by atoms with E-state index < -0.39 is 11.8 Å². The van der Waals surface area contributed by atoms with Gasteiger partial charge in [0.25, 0.3) is 11.8 Å². The number of aromatic hydroxyl groups is 1. The van der Waals surface area contributed by atoms with Gasteiger partial charge in [0.05, 0.1) is 6.61 Å². The lowest BCUT2D eigenvalue weighted by atomic mass is 10.1. The molecular formula is C14H13BrN2O4S. The Morgan fingerprint density at radius 1 is 1.45 bits per heavy atom. The van der Waals surface area contributed by atoms with Crippen LogP contribution in [0.2, 0.25) is 0 Å². The summed E-state index contributed by atoms with van der Waals surface area (Å²) in [5, 5.41) is 12.6. The van der Waals surface area contributed by atoms with Crippen LogP contribution >= 0.6 is 28.1 Å². The largest absolute Gasteiger partial charge is 0.504 e. The van der Waals surface area contributed by atoms with Gasteiger partial charge in [-0.05, 0) is 37.4 Å². The highest BCUT2D eigenvalue weighted by Crippen LogP contribution is 2.35. The highest BCUT2D eigenvalue weighted by Gasteiger charge is 2.31. The topological polar surface area (TPSA) is 78.9 Å². The summed E-state index contributed by atoms with van der Waals surface area (Å²) in [6, 6.07) is 3.18. The van der Waals surface area contributed by atoms with Gasteiger partial charge in [0.2, 0.25) is 0 Å². The summed E-state index contributed by atoms with van der Waals surface area (Å²) in [5.41, 5.74) is 0.171. The lowest BCUT2D eigenvalue weighted by Gasteiger charge is -2.25. The summed E-state index contributed by atoms with van der Waals surface area (Å²) in [7, 11) is 1.46. The number of hydrogen-bond donors (Lipinski definition) is 2. The van der Waals surface area contributed by atoms with Crippen molar-refractivity contribution in [1.29, 1.82) is 0 Å². The Kier molecular flexibility index (Phi) is 4.82. The third kappa shape index (κ3) is 3.12. The molecule has 1 heterocycles. The molecule has 0 unspecified atom stereocenters. The van der Waals surface area contributed by atoms with Gasteiger partial charge in [-0.1, -0.05) is 15.9 Å². The lowest BCUT2D eigenvalue weighted by Crippen LogP contribution is -2.52. The minimum absolute atomic E-state index is 0.0422. The van der Waals surface area contributed by atoms with Gasteiger partial charge in [0, 0.05) is 17.1 Å². The van der Waals surface area contributed by atoms with Crippen molar-refractivity contribution in [2.75, 3.05) is 13.7 Å². The number of hydrogen-bond acceptors (Lipinski definition) is 5. The minimum Gasteiger partial charge on any atom is -0.504 e. The molecule has 0 saturated carbocycles. The molecular weight excluding hydrogens is 372 g/mol. The number of nitrogens with one attached hydrogen (secondary N) is 1. The van der Waals surface area contributed by atoms with Crippen LogP contribution in [0.25, 0.3) is 6.08 Å². The van der Waals surface area contributed by atoms with Crippen molar-refractivity contribution < 1.29 is 19.4 Å². The Morgan fingerprint density at radius 2 is 2.14 bits per heavy atom. The number of amides is 2. The molecule has 2 rings (SSSR count). The van der Waals surface area contributed by atoms with Crippen molar-refractivity contribution >= 4 is 51.2 Å². The molecule has 0 aliphatic carbocycles. The number of likely N-dealkylation sites (N-methyl/N-ethyl adjacent to an activating group) is 1. The van der Waals surface area contributed by atoms with Crippen molar-refractivity contribution in [3.05, 3.63) is 27.7 Å². The monoisotopic (exact) mass is 384 g/mol. The maximum Gasteiger partial charge on any atom is 0.265 e. The molecule has 6 nitrogen and oxygen atoms in total. The normalized spacial score (nSPS) is 17.0. The van der Waals surface area contributed by atoms with Gasteiger partial charge in [0.1, 0.15) is 5.57 Å². The number of carbonyl (C=O) groups is 2.